The molecule has 0 saturated carbocycles. The number of thioether (sulfide) groups is 1. The Labute approximate surface area is 140 Å². The lowest BCUT2D eigenvalue weighted by molar-refractivity contribution is 1.12. The van der Waals surface area contributed by atoms with Gasteiger partial charge in [-0.15, -0.1) is 23.1 Å². The van der Waals surface area contributed by atoms with Crippen molar-refractivity contribution < 1.29 is 0 Å². The lowest BCUT2D eigenvalue weighted by Crippen LogP contribution is -1.89. The molecule has 22 heavy (non-hydrogen) atoms. The Morgan fingerprint density at radius 3 is 2.23 bits per heavy atom. The second-order valence-electron chi connectivity index (χ2n) is 5.10. The first-order valence-corrected chi connectivity index (χ1v) is 9.23. The molecular formula is C19H19NS2. The zero-order chi connectivity index (χ0) is 15.4. The summed E-state index contributed by atoms with van der Waals surface area (Å²) in [5.74, 6) is 0.988. The number of nitrogen functional groups attached to an aromatic ring is 1. The molecular weight excluding hydrogens is 306 g/mol. The minimum atomic E-state index is 0.929. The largest absolute Gasteiger partial charge is 0.390 e. The highest BCUT2D eigenvalue weighted by molar-refractivity contribution is 8.00. The molecule has 3 heteroatoms. The van der Waals surface area contributed by atoms with Crippen LogP contribution in [0.25, 0.3) is 11.1 Å². The third-order valence-electron chi connectivity index (χ3n) is 3.63. The van der Waals surface area contributed by atoms with Crippen molar-refractivity contribution in [3.63, 3.8) is 0 Å². The smallest absolute Gasteiger partial charge is 0.0950 e. The first-order chi connectivity index (χ1) is 10.8. The quantitative estimate of drug-likeness (QED) is 0.595. The van der Waals surface area contributed by atoms with Crippen molar-refractivity contribution in [3.05, 3.63) is 71.8 Å². The van der Waals surface area contributed by atoms with Crippen LogP contribution in [0.4, 0.5) is 5.00 Å². The van der Waals surface area contributed by atoms with Crippen LogP contribution in [0.1, 0.15) is 18.1 Å². The third kappa shape index (κ3) is 3.21. The van der Waals surface area contributed by atoms with E-state index in [4.69, 9.17) is 5.73 Å². The van der Waals surface area contributed by atoms with E-state index in [1.54, 1.807) is 11.3 Å². The monoisotopic (exact) mass is 325 g/mol. The average Bonchev–Trinajstić information content (AvgIpc) is 2.90. The van der Waals surface area contributed by atoms with E-state index in [-0.39, 0.29) is 0 Å². The maximum atomic E-state index is 6.32. The fourth-order valence-electron chi connectivity index (χ4n) is 2.55. The van der Waals surface area contributed by atoms with Gasteiger partial charge in [-0.05, 0) is 23.1 Å². The van der Waals surface area contributed by atoms with Crippen LogP contribution in [-0.2, 0) is 12.2 Å². The summed E-state index contributed by atoms with van der Waals surface area (Å²) < 4.78 is 1.35. The summed E-state index contributed by atoms with van der Waals surface area (Å²) in [6.45, 7) is 2.21. The molecule has 3 rings (SSSR count). The summed E-state index contributed by atoms with van der Waals surface area (Å²) in [4.78, 5) is 0. The summed E-state index contributed by atoms with van der Waals surface area (Å²) in [6, 6.07) is 21.1. The van der Waals surface area contributed by atoms with E-state index in [1.165, 1.54) is 26.5 Å². The van der Waals surface area contributed by atoms with Crippen molar-refractivity contribution in [3.8, 4) is 11.1 Å². The van der Waals surface area contributed by atoms with Gasteiger partial charge in [-0.3, -0.25) is 0 Å². The Bertz CT molecular complexity index is 733. The summed E-state index contributed by atoms with van der Waals surface area (Å²) in [5, 5.41) is 0.929. The maximum absolute atomic E-state index is 6.32. The highest BCUT2D eigenvalue weighted by Crippen LogP contribution is 2.44. The van der Waals surface area contributed by atoms with Gasteiger partial charge in [0.05, 0.1) is 9.21 Å². The minimum absolute atomic E-state index is 0.929. The number of benzene rings is 2. The highest BCUT2D eigenvalue weighted by Gasteiger charge is 2.16. The Morgan fingerprint density at radius 1 is 0.955 bits per heavy atom. The van der Waals surface area contributed by atoms with Crippen LogP contribution in [-0.4, -0.2) is 0 Å². The molecule has 2 aromatic carbocycles. The van der Waals surface area contributed by atoms with E-state index in [1.807, 2.05) is 17.8 Å². The van der Waals surface area contributed by atoms with Gasteiger partial charge in [-0.1, -0.05) is 67.6 Å². The first kappa shape index (κ1) is 15.2. The third-order valence-corrected chi connectivity index (χ3v) is 6.07. The normalized spacial score (nSPS) is 10.8. The van der Waals surface area contributed by atoms with Gasteiger partial charge in [0.25, 0.3) is 0 Å². The van der Waals surface area contributed by atoms with E-state index >= 15 is 0 Å². The minimum Gasteiger partial charge on any atom is -0.390 e. The van der Waals surface area contributed by atoms with Crippen molar-refractivity contribution in [2.75, 3.05) is 5.73 Å². The zero-order valence-corrected chi connectivity index (χ0v) is 14.2. The van der Waals surface area contributed by atoms with Crippen LogP contribution in [0.2, 0.25) is 0 Å². The summed E-state index contributed by atoms with van der Waals surface area (Å²) in [7, 11) is 0. The number of hydrogen-bond donors (Lipinski definition) is 1. The molecule has 0 aliphatic rings. The lowest BCUT2D eigenvalue weighted by Gasteiger charge is -2.06. The Kier molecular flexibility index (Phi) is 4.86. The molecule has 0 aliphatic carbocycles. The second-order valence-corrected chi connectivity index (χ2v) is 7.40. The van der Waals surface area contributed by atoms with Gasteiger partial charge in [-0.2, -0.15) is 0 Å². The topological polar surface area (TPSA) is 26.0 Å². The van der Waals surface area contributed by atoms with Crippen molar-refractivity contribution in [1.82, 2.24) is 0 Å². The van der Waals surface area contributed by atoms with Crippen LogP contribution < -0.4 is 5.73 Å². The van der Waals surface area contributed by atoms with Gasteiger partial charge in [0.2, 0.25) is 0 Å². The van der Waals surface area contributed by atoms with E-state index in [0.717, 1.165) is 17.2 Å². The van der Waals surface area contributed by atoms with E-state index in [2.05, 4.69) is 61.5 Å². The number of anilines is 1. The van der Waals surface area contributed by atoms with Crippen molar-refractivity contribution >= 4 is 28.1 Å². The lowest BCUT2D eigenvalue weighted by atomic mass is 10.0. The van der Waals surface area contributed by atoms with Crippen LogP contribution >= 0.6 is 23.1 Å². The van der Waals surface area contributed by atoms with E-state index in [9.17, 15) is 0 Å². The molecule has 0 saturated heterocycles. The molecule has 112 valence electrons. The maximum Gasteiger partial charge on any atom is 0.0950 e. The Morgan fingerprint density at radius 2 is 1.59 bits per heavy atom. The molecule has 1 heterocycles. The number of hydrogen-bond acceptors (Lipinski definition) is 3. The fraction of sp³-hybridized carbons (Fsp3) is 0.158. The number of rotatable bonds is 5. The molecule has 3 aromatic rings. The van der Waals surface area contributed by atoms with Crippen molar-refractivity contribution in [2.45, 2.75) is 23.3 Å². The fourth-order valence-corrected chi connectivity index (χ4v) is 5.05. The van der Waals surface area contributed by atoms with Gasteiger partial charge >= 0.3 is 0 Å². The van der Waals surface area contributed by atoms with Crippen molar-refractivity contribution in [2.24, 2.45) is 0 Å². The van der Waals surface area contributed by atoms with Crippen molar-refractivity contribution in [1.29, 1.82) is 0 Å². The zero-order valence-electron chi connectivity index (χ0n) is 12.6. The molecule has 0 spiro atoms. The van der Waals surface area contributed by atoms with Gasteiger partial charge in [-0.25, -0.2) is 0 Å². The van der Waals surface area contributed by atoms with Gasteiger partial charge in [0.1, 0.15) is 0 Å². The second kappa shape index (κ2) is 7.03. The van der Waals surface area contributed by atoms with Crippen LogP contribution in [0.15, 0.2) is 64.9 Å². The Hall–Kier alpha value is -1.71. The van der Waals surface area contributed by atoms with Gasteiger partial charge in [0, 0.05) is 11.3 Å². The van der Waals surface area contributed by atoms with Gasteiger partial charge in [0.15, 0.2) is 0 Å². The summed E-state index contributed by atoms with van der Waals surface area (Å²) in [6.07, 6.45) is 1.01. The molecule has 2 N–H and O–H groups in total. The highest BCUT2D eigenvalue weighted by atomic mass is 32.2. The summed E-state index contributed by atoms with van der Waals surface area (Å²) in [5.41, 5.74) is 11.5. The first-order valence-electron chi connectivity index (χ1n) is 7.43. The molecule has 0 amide bonds. The predicted octanol–water partition coefficient (Wildman–Crippen LogP) is 5.85. The number of thiophene rings is 1. The molecule has 0 unspecified atom stereocenters. The molecule has 0 fully saturated rings. The van der Waals surface area contributed by atoms with E-state index < -0.39 is 0 Å². The van der Waals surface area contributed by atoms with Crippen LogP contribution in [0.5, 0.6) is 0 Å². The standard InChI is InChI=1S/C19H19NS2/c1-2-16-17(15-11-7-4-8-12-15)18(20)22-19(16)21-13-14-9-5-3-6-10-14/h3-12H,2,13,20H2,1H3. The number of nitrogens with two attached hydrogens (primary N) is 1. The SMILES string of the molecule is CCc1c(SCc2ccccc2)sc(N)c1-c1ccccc1. The predicted molar refractivity (Wildman–Crippen MR) is 99.5 cm³/mol. The van der Waals surface area contributed by atoms with E-state index in [0.29, 0.717) is 0 Å². The molecule has 1 aromatic heterocycles. The molecule has 1 nitrogen and oxygen atoms in total. The molecule has 0 radical (unpaired) electrons. The molecule has 0 atom stereocenters. The molecule has 0 aliphatic heterocycles. The summed E-state index contributed by atoms with van der Waals surface area (Å²) >= 11 is 3.61. The van der Waals surface area contributed by atoms with Crippen LogP contribution in [0.3, 0.4) is 0 Å². The Balaban J connectivity index is 1.90. The average molecular weight is 326 g/mol. The van der Waals surface area contributed by atoms with Crippen LogP contribution in [0, 0.1) is 0 Å². The molecule has 0 bridgehead atoms. The van der Waals surface area contributed by atoms with Gasteiger partial charge < -0.3 is 5.73 Å².